The van der Waals surface area contributed by atoms with E-state index in [-0.39, 0.29) is 12.1 Å². The molecule has 0 aromatic heterocycles. The van der Waals surface area contributed by atoms with Gasteiger partial charge in [-0.15, -0.1) is 0 Å². The molecular formula is C14H30N2O. The standard InChI is InChI=1S/C14H30N2O/c1-12(9-14(2,11-17)15-3)16(4)10-13-7-5-6-8-13/h12-13,15,17H,5-11H2,1-4H3. The Hall–Kier alpha value is -0.120. The monoisotopic (exact) mass is 242 g/mol. The number of aliphatic hydroxyl groups is 1. The molecule has 0 saturated heterocycles. The highest BCUT2D eigenvalue weighted by atomic mass is 16.3. The first-order valence-electron chi connectivity index (χ1n) is 7.01. The highest BCUT2D eigenvalue weighted by molar-refractivity contribution is 4.86. The molecule has 2 atom stereocenters. The molecule has 2 unspecified atom stereocenters. The molecule has 17 heavy (non-hydrogen) atoms. The van der Waals surface area contributed by atoms with Gasteiger partial charge in [0, 0.05) is 18.1 Å². The smallest absolute Gasteiger partial charge is 0.0611 e. The van der Waals surface area contributed by atoms with Crippen molar-refractivity contribution in [2.75, 3.05) is 27.2 Å². The summed E-state index contributed by atoms with van der Waals surface area (Å²) in [6.45, 7) is 5.77. The van der Waals surface area contributed by atoms with Crippen LogP contribution in [0.3, 0.4) is 0 Å². The Morgan fingerprint density at radius 3 is 2.47 bits per heavy atom. The average Bonchev–Trinajstić information content (AvgIpc) is 2.81. The molecule has 0 aliphatic heterocycles. The van der Waals surface area contributed by atoms with Gasteiger partial charge >= 0.3 is 0 Å². The predicted octanol–water partition coefficient (Wildman–Crippen LogP) is 1.86. The quantitative estimate of drug-likeness (QED) is 0.715. The molecule has 3 nitrogen and oxygen atoms in total. The molecule has 1 saturated carbocycles. The molecule has 0 bridgehead atoms. The van der Waals surface area contributed by atoms with Gasteiger partial charge in [0.2, 0.25) is 0 Å². The summed E-state index contributed by atoms with van der Waals surface area (Å²) < 4.78 is 0. The van der Waals surface area contributed by atoms with Crippen molar-refractivity contribution in [3.8, 4) is 0 Å². The Balaban J connectivity index is 2.37. The largest absolute Gasteiger partial charge is 0.394 e. The van der Waals surface area contributed by atoms with Crippen LogP contribution in [-0.2, 0) is 0 Å². The van der Waals surface area contributed by atoms with Crippen LogP contribution >= 0.6 is 0 Å². The topological polar surface area (TPSA) is 35.5 Å². The minimum Gasteiger partial charge on any atom is -0.394 e. The first-order valence-corrected chi connectivity index (χ1v) is 7.01. The lowest BCUT2D eigenvalue weighted by Crippen LogP contribution is -2.49. The number of hydrogen-bond donors (Lipinski definition) is 2. The average molecular weight is 242 g/mol. The van der Waals surface area contributed by atoms with E-state index >= 15 is 0 Å². The summed E-state index contributed by atoms with van der Waals surface area (Å²) in [6.07, 6.45) is 6.62. The lowest BCUT2D eigenvalue weighted by molar-refractivity contribution is 0.124. The van der Waals surface area contributed by atoms with Gasteiger partial charge in [0.25, 0.3) is 0 Å². The zero-order valence-electron chi connectivity index (χ0n) is 12.0. The molecule has 3 heteroatoms. The fourth-order valence-electron chi connectivity index (χ4n) is 2.83. The number of aliphatic hydroxyl groups excluding tert-OH is 1. The van der Waals surface area contributed by atoms with Gasteiger partial charge in [0.05, 0.1) is 6.61 Å². The Labute approximate surface area is 107 Å². The molecule has 0 aromatic carbocycles. The van der Waals surface area contributed by atoms with Gasteiger partial charge in [0.1, 0.15) is 0 Å². The Kier molecular flexibility index (Phi) is 5.90. The summed E-state index contributed by atoms with van der Waals surface area (Å²) in [5.41, 5.74) is -0.149. The third-order valence-electron chi connectivity index (χ3n) is 4.47. The van der Waals surface area contributed by atoms with E-state index in [0.717, 1.165) is 12.3 Å². The van der Waals surface area contributed by atoms with Gasteiger partial charge in [-0.3, -0.25) is 0 Å². The van der Waals surface area contributed by atoms with Gasteiger partial charge in [-0.25, -0.2) is 0 Å². The summed E-state index contributed by atoms with van der Waals surface area (Å²) in [5, 5.41) is 12.7. The maximum absolute atomic E-state index is 9.42. The first kappa shape index (κ1) is 14.9. The molecule has 1 aliphatic carbocycles. The van der Waals surface area contributed by atoms with Crippen molar-refractivity contribution in [1.82, 2.24) is 10.2 Å². The molecule has 1 fully saturated rings. The number of likely N-dealkylation sites (N-methyl/N-ethyl adjacent to an activating group) is 1. The highest BCUT2D eigenvalue weighted by Gasteiger charge is 2.26. The Morgan fingerprint density at radius 1 is 1.41 bits per heavy atom. The van der Waals surface area contributed by atoms with Crippen LogP contribution in [0.2, 0.25) is 0 Å². The van der Waals surface area contributed by atoms with E-state index in [1.165, 1.54) is 32.2 Å². The molecule has 0 heterocycles. The second-order valence-electron chi connectivity index (χ2n) is 6.11. The Morgan fingerprint density at radius 2 is 2.00 bits per heavy atom. The number of hydrogen-bond acceptors (Lipinski definition) is 3. The van der Waals surface area contributed by atoms with Crippen LogP contribution in [0.4, 0.5) is 0 Å². The van der Waals surface area contributed by atoms with Gasteiger partial charge in [-0.2, -0.15) is 0 Å². The lowest BCUT2D eigenvalue weighted by atomic mass is 9.93. The molecule has 102 valence electrons. The normalized spacial score (nSPS) is 22.9. The summed E-state index contributed by atoms with van der Waals surface area (Å²) >= 11 is 0. The lowest BCUT2D eigenvalue weighted by Gasteiger charge is -2.35. The maximum Gasteiger partial charge on any atom is 0.0611 e. The van der Waals surface area contributed by atoms with Crippen LogP contribution in [-0.4, -0.2) is 48.8 Å². The van der Waals surface area contributed by atoms with E-state index in [0.29, 0.717) is 6.04 Å². The van der Waals surface area contributed by atoms with Crippen LogP contribution in [0.1, 0.15) is 46.0 Å². The van der Waals surface area contributed by atoms with Crippen molar-refractivity contribution in [2.45, 2.75) is 57.5 Å². The van der Waals surface area contributed by atoms with Gasteiger partial charge in [-0.05, 0) is 53.1 Å². The van der Waals surface area contributed by atoms with Crippen LogP contribution < -0.4 is 5.32 Å². The zero-order chi connectivity index (χ0) is 12.9. The molecule has 0 amide bonds. The van der Waals surface area contributed by atoms with Crippen LogP contribution in [0, 0.1) is 5.92 Å². The summed E-state index contributed by atoms with van der Waals surface area (Å²) in [6, 6.07) is 0.514. The van der Waals surface area contributed by atoms with Crippen LogP contribution in [0.25, 0.3) is 0 Å². The maximum atomic E-state index is 9.42. The molecule has 0 aromatic rings. The third-order valence-corrected chi connectivity index (χ3v) is 4.47. The van der Waals surface area contributed by atoms with Crippen molar-refractivity contribution in [3.63, 3.8) is 0 Å². The van der Waals surface area contributed by atoms with E-state index in [4.69, 9.17) is 0 Å². The van der Waals surface area contributed by atoms with E-state index in [1.807, 2.05) is 7.05 Å². The molecule has 2 N–H and O–H groups in total. The van der Waals surface area contributed by atoms with E-state index < -0.39 is 0 Å². The van der Waals surface area contributed by atoms with E-state index in [9.17, 15) is 5.11 Å². The number of nitrogens with zero attached hydrogens (tertiary/aromatic N) is 1. The number of nitrogens with one attached hydrogen (secondary N) is 1. The molecule has 1 aliphatic rings. The minimum atomic E-state index is -0.149. The van der Waals surface area contributed by atoms with Crippen molar-refractivity contribution in [2.24, 2.45) is 5.92 Å². The molecule has 0 spiro atoms. The number of rotatable bonds is 7. The van der Waals surface area contributed by atoms with Gasteiger partial charge in [-0.1, -0.05) is 12.8 Å². The highest BCUT2D eigenvalue weighted by Crippen LogP contribution is 2.26. The summed E-state index contributed by atoms with van der Waals surface area (Å²) in [7, 11) is 4.15. The fourth-order valence-corrected chi connectivity index (χ4v) is 2.83. The second-order valence-corrected chi connectivity index (χ2v) is 6.11. The van der Waals surface area contributed by atoms with E-state index in [1.54, 1.807) is 0 Å². The van der Waals surface area contributed by atoms with Crippen molar-refractivity contribution in [1.29, 1.82) is 0 Å². The Bertz CT molecular complexity index is 210. The van der Waals surface area contributed by atoms with Crippen LogP contribution in [0.5, 0.6) is 0 Å². The van der Waals surface area contributed by atoms with Crippen LogP contribution in [0.15, 0.2) is 0 Å². The van der Waals surface area contributed by atoms with Crippen molar-refractivity contribution >= 4 is 0 Å². The van der Waals surface area contributed by atoms with Crippen molar-refractivity contribution < 1.29 is 5.11 Å². The summed E-state index contributed by atoms with van der Waals surface area (Å²) in [4.78, 5) is 2.46. The first-order chi connectivity index (χ1) is 8.00. The third kappa shape index (κ3) is 4.57. The van der Waals surface area contributed by atoms with Gasteiger partial charge in [0.15, 0.2) is 0 Å². The minimum absolute atomic E-state index is 0.149. The van der Waals surface area contributed by atoms with Gasteiger partial charge < -0.3 is 15.3 Å². The SMILES string of the molecule is CNC(C)(CO)CC(C)N(C)CC1CCCC1. The fraction of sp³-hybridized carbons (Fsp3) is 1.00. The van der Waals surface area contributed by atoms with Crippen molar-refractivity contribution in [3.05, 3.63) is 0 Å². The second kappa shape index (κ2) is 6.72. The zero-order valence-corrected chi connectivity index (χ0v) is 12.0. The summed E-state index contributed by atoms with van der Waals surface area (Å²) in [5.74, 6) is 0.900. The molecule has 1 rings (SSSR count). The molecule has 0 radical (unpaired) electrons. The molecular weight excluding hydrogens is 212 g/mol. The predicted molar refractivity (Wildman–Crippen MR) is 73.2 cm³/mol. The van der Waals surface area contributed by atoms with E-state index in [2.05, 4.69) is 31.1 Å².